The third kappa shape index (κ3) is 8.54. The van der Waals surface area contributed by atoms with Crippen LogP contribution in [-0.4, -0.2) is 67.1 Å². The summed E-state index contributed by atoms with van der Waals surface area (Å²) in [7, 11) is 3.52. The van der Waals surface area contributed by atoms with Crippen molar-refractivity contribution >= 4 is 45.2 Å². The lowest BCUT2D eigenvalue weighted by molar-refractivity contribution is 0.00484. The number of halogens is 2. The average Bonchev–Trinajstić information content (AvgIpc) is 3.04. The van der Waals surface area contributed by atoms with Gasteiger partial charge in [0, 0.05) is 32.8 Å². The summed E-state index contributed by atoms with van der Waals surface area (Å²) in [4.78, 5) is 0. The molecule has 1 heterocycles. The van der Waals surface area contributed by atoms with E-state index in [0.717, 1.165) is 74.6 Å². The third-order valence-corrected chi connectivity index (χ3v) is 9.64. The Labute approximate surface area is 304 Å². The number of hydrogen-bond donors (Lipinski definition) is 0. The van der Waals surface area contributed by atoms with Gasteiger partial charge >= 0.3 is 0 Å². The molecule has 4 aromatic rings. The summed E-state index contributed by atoms with van der Waals surface area (Å²) in [6.45, 7) is 3.75. The van der Waals surface area contributed by atoms with E-state index in [-0.39, 0.29) is 0 Å². The Morgan fingerprint density at radius 3 is 1.04 bits per heavy atom. The molecule has 10 bridgehead atoms. The highest BCUT2D eigenvalue weighted by molar-refractivity contribution is 14.1. The predicted octanol–water partition coefficient (Wildman–Crippen LogP) is 7.41. The first kappa shape index (κ1) is 34.3. The minimum Gasteiger partial charge on any atom is -0.496 e. The van der Waals surface area contributed by atoms with E-state index in [1.54, 1.807) is 14.2 Å². The fourth-order valence-corrected chi connectivity index (χ4v) is 7.95. The van der Waals surface area contributed by atoms with E-state index in [0.29, 0.717) is 78.5 Å². The highest BCUT2D eigenvalue weighted by atomic mass is 127. The summed E-state index contributed by atoms with van der Waals surface area (Å²) >= 11 is 4.83. The highest BCUT2D eigenvalue weighted by Gasteiger charge is 2.22. The molecule has 7 nitrogen and oxygen atoms in total. The summed E-state index contributed by atoms with van der Waals surface area (Å²) < 4.78 is 45.3. The Morgan fingerprint density at radius 1 is 0.447 bits per heavy atom. The summed E-state index contributed by atoms with van der Waals surface area (Å²) in [5.74, 6) is 3.54. The lowest BCUT2D eigenvalue weighted by atomic mass is 9.91. The lowest BCUT2D eigenvalue weighted by Gasteiger charge is -2.22. The maximum Gasteiger partial charge on any atom is 0.126 e. The molecular formula is C38H40I2O7. The molecule has 0 unspecified atom stereocenters. The van der Waals surface area contributed by atoms with Crippen molar-refractivity contribution in [1.29, 1.82) is 0 Å². The summed E-state index contributed by atoms with van der Waals surface area (Å²) in [6, 6.07) is 21.7. The van der Waals surface area contributed by atoms with E-state index in [2.05, 4.69) is 106 Å². The molecule has 0 saturated carbocycles. The van der Waals surface area contributed by atoms with Crippen molar-refractivity contribution in [3.05, 3.63) is 112 Å². The van der Waals surface area contributed by atoms with Gasteiger partial charge < -0.3 is 33.2 Å². The van der Waals surface area contributed by atoms with Crippen LogP contribution in [0.25, 0.3) is 0 Å². The molecule has 0 atom stereocenters. The zero-order valence-electron chi connectivity index (χ0n) is 26.9. The van der Waals surface area contributed by atoms with Crippen LogP contribution >= 0.6 is 45.2 Å². The Morgan fingerprint density at radius 2 is 0.745 bits per heavy atom. The van der Waals surface area contributed by atoms with Gasteiger partial charge in [-0.3, -0.25) is 0 Å². The van der Waals surface area contributed by atoms with Gasteiger partial charge in [-0.05, 0) is 114 Å². The summed E-state index contributed by atoms with van der Waals surface area (Å²) in [5, 5.41) is 0. The first-order valence-corrected chi connectivity index (χ1v) is 18.1. The molecule has 0 amide bonds. The average molecular weight is 863 g/mol. The molecule has 6 rings (SSSR count). The first-order valence-electron chi connectivity index (χ1n) is 15.9. The second-order valence-electron chi connectivity index (χ2n) is 11.6. The van der Waals surface area contributed by atoms with Crippen molar-refractivity contribution in [2.75, 3.05) is 67.1 Å². The number of benzene rings is 4. The molecule has 4 aromatic carbocycles. The van der Waals surface area contributed by atoms with E-state index >= 15 is 0 Å². The second kappa shape index (κ2) is 16.7. The van der Waals surface area contributed by atoms with Crippen molar-refractivity contribution in [1.82, 2.24) is 0 Å². The van der Waals surface area contributed by atoms with Crippen molar-refractivity contribution in [2.45, 2.75) is 25.7 Å². The maximum absolute atomic E-state index is 6.59. The molecule has 248 valence electrons. The second-order valence-corrected chi connectivity index (χ2v) is 14.1. The number of hydrogen-bond acceptors (Lipinski definition) is 7. The van der Waals surface area contributed by atoms with Gasteiger partial charge in [-0.25, -0.2) is 0 Å². The molecule has 0 aromatic heterocycles. The number of rotatable bonds is 2. The Bertz CT molecular complexity index is 1480. The normalized spacial score (nSPS) is 16.0. The van der Waals surface area contributed by atoms with Crippen LogP contribution in [0.3, 0.4) is 0 Å². The Balaban J connectivity index is 1.56. The van der Waals surface area contributed by atoms with Crippen LogP contribution in [0.1, 0.15) is 44.5 Å². The molecule has 0 saturated heterocycles. The van der Waals surface area contributed by atoms with E-state index < -0.39 is 0 Å². The Hall–Kier alpha value is -2.58. The van der Waals surface area contributed by atoms with E-state index in [9.17, 15) is 0 Å². The fraction of sp³-hybridized carbons (Fsp3) is 0.368. The van der Waals surface area contributed by atoms with Gasteiger partial charge in [-0.1, -0.05) is 36.4 Å². The van der Waals surface area contributed by atoms with Gasteiger partial charge in [0.15, 0.2) is 0 Å². The van der Waals surface area contributed by atoms with Gasteiger partial charge in [0.2, 0.25) is 0 Å². The van der Waals surface area contributed by atoms with E-state index in [1.165, 1.54) is 0 Å². The molecule has 9 heteroatoms. The van der Waals surface area contributed by atoms with Gasteiger partial charge in [0.25, 0.3) is 0 Å². The largest absolute Gasteiger partial charge is 0.496 e. The van der Waals surface area contributed by atoms with Crippen LogP contribution in [0.5, 0.6) is 23.0 Å². The third-order valence-electron chi connectivity index (χ3n) is 8.40. The van der Waals surface area contributed by atoms with E-state index in [1.807, 2.05) is 0 Å². The molecule has 0 fully saturated rings. The number of methoxy groups -OCH3 is 2. The van der Waals surface area contributed by atoms with Crippen LogP contribution in [0.4, 0.5) is 0 Å². The number of fused-ring (bicyclic) bond motifs is 2. The minimum atomic E-state index is 0.425. The van der Waals surface area contributed by atoms with Gasteiger partial charge in [0.05, 0.1) is 53.9 Å². The first-order chi connectivity index (χ1) is 23.0. The van der Waals surface area contributed by atoms with Crippen molar-refractivity contribution in [3.63, 3.8) is 0 Å². The molecule has 0 radical (unpaired) electrons. The maximum atomic E-state index is 6.59. The lowest BCUT2D eigenvalue weighted by Crippen LogP contribution is -2.16. The zero-order chi connectivity index (χ0) is 32.6. The van der Waals surface area contributed by atoms with Crippen molar-refractivity contribution < 1.29 is 33.2 Å². The van der Waals surface area contributed by atoms with Gasteiger partial charge in [0.1, 0.15) is 36.2 Å². The summed E-state index contributed by atoms with van der Waals surface area (Å²) in [6.07, 6.45) is 2.61. The standard InChI is InChI=1S/C38H40I2O7/c1-41-35-29-17-25-5-3-7-27-19-31-23-34(40)24-32(36(31)42-2)20-28-8-4-6-26(18-30(35)22-33(39)21-29)38(28)47-16-14-45-12-10-43-9-11-44-13-15-46-37(25)27/h3-8,21-24H,9-20H2,1-2H3. The molecule has 0 spiro atoms. The fourth-order valence-electron chi connectivity index (χ4n) is 6.44. The zero-order valence-corrected chi connectivity index (χ0v) is 31.2. The quantitative estimate of drug-likeness (QED) is 0.172. The number of para-hydroxylation sites is 2. The molecule has 2 aliphatic rings. The molecular weight excluding hydrogens is 822 g/mol. The van der Waals surface area contributed by atoms with Crippen LogP contribution < -0.4 is 18.9 Å². The van der Waals surface area contributed by atoms with Crippen molar-refractivity contribution in [3.8, 4) is 23.0 Å². The topological polar surface area (TPSA) is 64.6 Å². The molecule has 0 N–H and O–H groups in total. The SMILES string of the molecule is COc1c2cc(I)cc1Cc1cccc3c1OCCOCCOCCOCCOc1c(cccc1Cc1cc(I)cc(c1OC)C3)C2. The van der Waals surface area contributed by atoms with Crippen LogP contribution in [0.15, 0.2) is 60.7 Å². The van der Waals surface area contributed by atoms with Crippen LogP contribution in [0.2, 0.25) is 0 Å². The monoisotopic (exact) mass is 862 g/mol. The smallest absolute Gasteiger partial charge is 0.126 e. The molecule has 1 aliphatic carbocycles. The molecule has 1 aliphatic heterocycles. The van der Waals surface area contributed by atoms with Crippen LogP contribution in [-0.2, 0) is 39.9 Å². The van der Waals surface area contributed by atoms with Crippen molar-refractivity contribution in [2.24, 2.45) is 0 Å². The van der Waals surface area contributed by atoms with Gasteiger partial charge in [-0.15, -0.1) is 0 Å². The predicted molar refractivity (Wildman–Crippen MR) is 199 cm³/mol. The van der Waals surface area contributed by atoms with Crippen LogP contribution in [0, 0.1) is 7.14 Å². The Kier molecular flexibility index (Phi) is 12.2. The number of ether oxygens (including phenoxy) is 7. The van der Waals surface area contributed by atoms with Gasteiger partial charge in [-0.2, -0.15) is 0 Å². The minimum absolute atomic E-state index is 0.425. The summed E-state index contributed by atoms with van der Waals surface area (Å²) in [5.41, 5.74) is 8.84. The molecule has 47 heavy (non-hydrogen) atoms. The highest BCUT2D eigenvalue weighted by Crippen LogP contribution is 2.39. The van der Waals surface area contributed by atoms with E-state index in [4.69, 9.17) is 33.2 Å².